The minimum atomic E-state index is 0.295. The lowest BCUT2D eigenvalue weighted by atomic mass is 10.2. The second kappa shape index (κ2) is 6.82. The third-order valence-corrected chi connectivity index (χ3v) is 5.33. The van der Waals surface area contributed by atoms with E-state index in [1.165, 1.54) is 0 Å². The molecule has 2 N–H and O–H groups in total. The van der Waals surface area contributed by atoms with Gasteiger partial charge in [0.1, 0.15) is 11.6 Å². The van der Waals surface area contributed by atoms with Gasteiger partial charge < -0.3 is 19.9 Å². The van der Waals surface area contributed by atoms with E-state index in [0.717, 1.165) is 74.5 Å². The van der Waals surface area contributed by atoms with Crippen LogP contribution in [-0.2, 0) is 4.74 Å². The monoisotopic (exact) mass is 368 g/mol. The maximum absolute atomic E-state index is 5.62. The number of rotatable bonds is 3. The van der Waals surface area contributed by atoms with E-state index in [0.29, 0.717) is 6.04 Å². The molecule has 2 saturated heterocycles. The van der Waals surface area contributed by atoms with E-state index >= 15 is 0 Å². The van der Waals surface area contributed by atoms with Crippen LogP contribution in [0, 0.1) is 0 Å². The smallest absolute Gasteiger partial charge is 0.169 e. The molecule has 9 heteroatoms. The molecule has 9 nitrogen and oxygen atoms in total. The summed E-state index contributed by atoms with van der Waals surface area (Å²) in [6.45, 7) is 8.34. The molecule has 0 bridgehead atoms. The van der Waals surface area contributed by atoms with E-state index in [2.05, 4.69) is 43.4 Å². The molecular formula is C18H24N8O. The molecule has 1 atom stereocenters. The Balaban J connectivity index is 1.67. The van der Waals surface area contributed by atoms with Gasteiger partial charge in [-0.15, -0.1) is 0 Å². The van der Waals surface area contributed by atoms with Gasteiger partial charge in [0.15, 0.2) is 5.65 Å². The molecule has 0 aliphatic carbocycles. The predicted octanol–water partition coefficient (Wildman–Crippen LogP) is 0.754. The van der Waals surface area contributed by atoms with Crippen LogP contribution in [-0.4, -0.2) is 76.8 Å². The lowest BCUT2D eigenvalue weighted by molar-refractivity contribution is 0.0985. The van der Waals surface area contributed by atoms with Crippen LogP contribution in [0.1, 0.15) is 6.92 Å². The van der Waals surface area contributed by atoms with Crippen LogP contribution in [0.25, 0.3) is 16.9 Å². The van der Waals surface area contributed by atoms with Gasteiger partial charge in [-0.1, -0.05) is 0 Å². The number of aromatic amines is 1. The maximum atomic E-state index is 5.62. The zero-order chi connectivity index (χ0) is 18.2. The van der Waals surface area contributed by atoms with Crippen molar-refractivity contribution in [3.05, 3.63) is 24.5 Å². The van der Waals surface area contributed by atoms with Gasteiger partial charge in [0.2, 0.25) is 0 Å². The van der Waals surface area contributed by atoms with Crippen molar-refractivity contribution in [2.24, 2.45) is 0 Å². The first-order valence-corrected chi connectivity index (χ1v) is 9.50. The number of aromatic nitrogens is 5. The molecule has 2 aliphatic rings. The first kappa shape index (κ1) is 16.5. The van der Waals surface area contributed by atoms with E-state index in [9.17, 15) is 0 Å². The molecular weight excluding hydrogens is 344 g/mol. The van der Waals surface area contributed by atoms with Crippen molar-refractivity contribution in [2.45, 2.75) is 13.0 Å². The number of hydrogen-bond donors (Lipinski definition) is 2. The summed E-state index contributed by atoms with van der Waals surface area (Å²) >= 11 is 0. The Kier molecular flexibility index (Phi) is 4.17. The molecule has 5 rings (SSSR count). The van der Waals surface area contributed by atoms with Crippen molar-refractivity contribution >= 4 is 17.3 Å². The van der Waals surface area contributed by atoms with Gasteiger partial charge in [-0.3, -0.25) is 5.10 Å². The van der Waals surface area contributed by atoms with Gasteiger partial charge in [-0.2, -0.15) is 14.7 Å². The quantitative estimate of drug-likeness (QED) is 0.706. The van der Waals surface area contributed by atoms with Crippen molar-refractivity contribution in [3.8, 4) is 11.3 Å². The number of morpholine rings is 1. The average Bonchev–Trinajstić information content (AvgIpc) is 3.38. The second-order valence-corrected chi connectivity index (χ2v) is 7.09. The standard InChI is InChI=1S/C18H24N8O/c1-13-12-27-9-8-25(13)16-10-17(24-6-4-19-5-7-24)26-18(22-16)14(11-21-26)15-2-3-20-23-15/h2-3,10-11,13,19H,4-9,12H2,1H3,(H,20,23)/t13-/m1/s1. The molecule has 0 unspecified atom stereocenters. The number of nitrogens with zero attached hydrogens (tertiary/aromatic N) is 6. The fraction of sp³-hybridized carbons (Fsp3) is 0.500. The molecule has 142 valence electrons. The minimum Gasteiger partial charge on any atom is -0.377 e. The summed E-state index contributed by atoms with van der Waals surface area (Å²) < 4.78 is 7.57. The number of anilines is 2. The van der Waals surface area contributed by atoms with Gasteiger partial charge in [0.05, 0.1) is 36.7 Å². The molecule has 0 aromatic carbocycles. The summed E-state index contributed by atoms with van der Waals surface area (Å²) in [6.07, 6.45) is 3.62. The van der Waals surface area contributed by atoms with Crippen LogP contribution in [0.15, 0.2) is 24.5 Å². The summed E-state index contributed by atoms with van der Waals surface area (Å²) in [5, 5.41) is 15.2. The Bertz CT molecular complexity index is 915. The van der Waals surface area contributed by atoms with Crippen molar-refractivity contribution in [2.75, 3.05) is 55.7 Å². The minimum absolute atomic E-state index is 0.295. The average molecular weight is 368 g/mol. The van der Waals surface area contributed by atoms with Crippen LogP contribution >= 0.6 is 0 Å². The fourth-order valence-corrected chi connectivity index (χ4v) is 3.86. The number of hydrogen-bond acceptors (Lipinski definition) is 7. The van der Waals surface area contributed by atoms with E-state index in [1.807, 2.05) is 16.8 Å². The van der Waals surface area contributed by atoms with Crippen LogP contribution < -0.4 is 15.1 Å². The molecule has 0 radical (unpaired) electrons. The van der Waals surface area contributed by atoms with Crippen molar-refractivity contribution in [1.82, 2.24) is 30.1 Å². The Labute approximate surface area is 157 Å². The summed E-state index contributed by atoms with van der Waals surface area (Å²) in [5.74, 6) is 2.06. The SMILES string of the molecule is C[C@@H]1COCCN1c1cc(N2CCNCC2)n2ncc(-c3ccn[nH]3)c2n1. The lowest BCUT2D eigenvalue weighted by Crippen LogP contribution is -2.45. The van der Waals surface area contributed by atoms with E-state index in [4.69, 9.17) is 9.72 Å². The number of ether oxygens (including phenoxy) is 1. The van der Waals surface area contributed by atoms with Gasteiger partial charge in [0.25, 0.3) is 0 Å². The van der Waals surface area contributed by atoms with Crippen molar-refractivity contribution in [3.63, 3.8) is 0 Å². The predicted molar refractivity (Wildman–Crippen MR) is 103 cm³/mol. The fourth-order valence-electron chi connectivity index (χ4n) is 3.86. The first-order valence-electron chi connectivity index (χ1n) is 9.50. The van der Waals surface area contributed by atoms with E-state index in [-0.39, 0.29) is 0 Å². The van der Waals surface area contributed by atoms with Gasteiger partial charge in [0, 0.05) is 45.0 Å². The van der Waals surface area contributed by atoms with Crippen molar-refractivity contribution < 1.29 is 4.74 Å². The largest absolute Gasteiger partial charge is 0.377 e. The molecule has 2 fully saturated rings. The molecule has 2 aliphatic heterocycles. The lowest BCUT2D eigenvalue weighted by Gasteiger charge is -2.35. The molecule has 27 heavy (non-hydrogen) atoms. The number of piperazine rings is 1. The summed E-state index contributed by atoms with van der Waals surface area (Å²) in [4.78, 5) is 9.71. The third kappa shape index (κ3) is 2.92. The number of nitrogens with one attached hydrogen (secondary N) is 2. The summed E-state index contributed by atoms with van der Waals surface area (Å²) in [5.41, 5.74) is 2.74. The van der Waals surface area contributed by atoms with Gasteiger partial charge in [-0.25, -0.2) is 4.98 Å². The van der Waals surface area contributed by atoms with Gasteiger partial charge >= 0.3 is 0 Å². The molecule has 0 saturated carbocycles. The van der Waals surface area contributed by atoms with Crippen LogP contribution in [0.2, 0.25) is 0 Å². The molecule has 3 aromatic heterocycles. The highest BCUT2D eigenvalue weighted by Crippen LogP contribution is 2.30. The van der Waals surface area contributed by atoms with E-state index < -0.39 is 0 Å². The Morgan fingerprint density at radius 3 is 2.89 bits per heavy atom. The Hall–Kier alpha value is -2.65. The number of H-pyrrole nitrogens is 1. The zero-order valence-electron chi connectivity index (χ0n) is 15.4. The summed E-state index contributed by atoms with van der Waals surface area (Å²) in [6, 6.07) is 4.42. The summed E-state index contributed by atoms with van der Waals surface area (Å²) in [7, 11) is 0. The Morgan fingerprint density at radius 2 is 2.11 bits per heavy atom. The Morgan fingerprint density at radius 1 is 1.22 bits per heavy atom. The molecule has 0 amide bonds. The highest BCUT2D eigenvalue weighted by Gasteiger charge is 2.25. The molecule has 5 heterocycles. The highest BCUT2D eigenvalue weighted by atomic mass is 16.5. The van der Waals surface area contributed by atoms with Gasteiger partial charge in [-0.05, 0) is 13.0 Å². The van der Waals surface area contributed by atoms with Crippen LogP contribution in [0.3, 0.4) is 0 Å². The topological polar surface area (TPSA) is 86.6 Å². The van der Waals surface area contributed by atoms with E-state index in [1.54, 1.807) is 6.20 Å². The van der Waals surface area contributed by atoms with Crippen molar-refractivity contribution in [1.29, 1.82) is 0 Å². The maximum Gasteiger partial charge on any atom is 0.169 e. The zero-order valence-corrected chi connectivity index (χ0v) is 15.4. The first-order chi connectivity index (χ1) is 13.3. The highest BCUT2D eigenvalue weighted by molar-refractivity contribution is 5.77. The molecule has 0 spiro atoms. The second-order valence-electron chi connectivity index (χ2n) is 7.09. The van der Waals surface area contributed by atoms with Crippen LogP contribution in [0.4, 0.5) is 11.6 Å². The number of fused-ring (bicyclic) bond motifs is 1. The normalized spacial score (nSPS) is 21.1. The molecule has 3 aromatic rings. The van der Waals surface area contributed by atoms with Crippen LogP contribution in [0.5, 0.6) is 0 Å². The third-order valence-electron chi connectivity index (χ3n) is 5.33.